The third kappa shape index (κ3) is 6.11. The van der Waals surface area contributed by atoms with Gasteiger partial charge in [-0.15, -0.1) is 0 Å². The van der Waals surface area contributed by atoms with Crippen molar-refractivity contribution in [2.45, 2.75) is 103 Å². The van der Waals surface area contributed by atoms with Crippen molar-refractivity contribution in [1.82, 2.24) is 0 Å². The van der Waals surface area contributed by atoms with E-state index in [4.69, 9.17) is 4.74 Å². The molecule has 0 atom stereocenters. The topological polar surface area (TPSA) is 26.3 Å². The molecule has 4 rings (SSSR count). The van der Waals surface area contributed by atoms with Crippen LogP contribution in [0.5, 0.6) is 0 Å². The van der Waals surface area contributed by atoms with Gasteiger partial charge >= 0.3 is 5.97 Å². The quantitative estimate of drug-likeness (QED) is 0.430. The molecule has 0 saturated heterocycles. The zero-order valence-electron chi connectivity index (χ0n) is 19.4. The Hall–Kier alpha value is -1.38. The average molecular weight is 429 g/mol. The second-order valence-corrected chi connectivity index (χ2v) is 10.7. The minimum absolute atomic E-state index is 0.0310. The molecule has 31 heavy (non-hydrogen) atoms. The van der Waals surface area contributed by atoms with Crippen LogP contribution in [0.15, 0.2) is 24.3 Å². The number of carbonyl (C=O) groups is 1. The van der Waals surface area contributed by atoms with Gasteiger partial charge in [-0.05, 0) is 118 Å². The van der Waals surface area contributed by atoms with E-state index in [1.165, 1.54) is 101 Å². The minimum atomic E-state index is -0.323. The van der Waals surface area contributed by atoms with Crippen LogP contribution in [0.1, 0.15) is 107 Å². The van der Waals surface area contributed by atoms with Crippen molar-refractivity contribution < 1.29 is 13.9 Å². The van der Waals surface area contributed by atoms with Crippen LogP contribution in [0.2, 0.25) is 0 Å². The summed E-state index contributed by atoms with van der Waals surface area (Å²) in [6.07, 6.45) is 18.9. The molecule has 0 unspecified atom stereocenters. The Balaban J connectivity index is 1.16. The van der Waals surface area contributed by atoms with E-state index in [2.05, 4.69) is 6.92 Å². The summed E-state index contributed by atoms with van der Waals surface area (Å²) in [6.45, 7) is 2.33. The monoisotopic (exact) mass is 428 g/mol. The van der Waals surface area contributed by atoms with Crippen molar-refractivity contribution in [1.29, 1.82) is 0 Å². The number of carbonyl (C=O) groups excluding carboxylic acids is 1. The van der Waals surface area contributed by atoms with Crippen LogP contribution in [0, 0.1) is 35.4 Å². The molecule has 0 amide bonds. The van der Waals surface area contributed by atoms with Crippen LogP contribution in [0.4, 0.5) is 4.39 Å². The molecule has 1 aromatic carbocycles. The van der Waals surface area contributed by atoms with E-state index in [-0.39, 0.29) is 17.9 Å². The molecule has 172 valence electrons. The predicted molar refractivity (Wildman–Crippen MR) is 123 cm³/mol. The Labute approximate surface area is 188 Å². The fourth-order valence-electron chi connectivity index (χ4n) is 6.93. The molecular formula is C28H41FO2. The van der Waals surface area contributed by atoms with Crippen LogP contribution < -0.4 is 0 Å². The molecule has 0 aromatic heterocycles. The summed E-state index contributed by atoms with van der Waals surface area (Å²) in [7, 11) is 0. The second kappa shape index (κ2) is 11.0. The first kappa shape index (κ1) is 22.8. The van der Waals surface area contributed by atoms with Gasteiger partial charge < -0.3 is 4.74 Å². The number of rotatable bonds is 6. The van der Waals surface area contributed by atoms with Crippen LogP contribution in [-0.2, 0) is 4.74 Å². The van der Waals surface area contributed by atoms with Crippen LogP contribution in [0.3, 0.4) is 0 Å². The highest BCUT2D eigenvalue weighted by molar-refractivity contribution is 5.89. The molecule has 3 aliphatic rings. The van der Waals surface area contributed by atoms with E-state index < -0.39 is 0 Å². The van der Waals surface area contributed by atoms with Gasteiger partial charge in [-0.2, -0.15) is 0 Å². The fraction of sp³-hybridized carbons (Fsp3) is 0.750. The number of halogens is 1. The van der Waals surface area contributed by atoms with Crippen molar-refractivity contribution in [2.75, 3.05) is 0 Å². The highest BCUT2D eigenvalue weighted by Gasteiger charge is 2.35. The van der Waals surface area contributed by atoms with E-state index in [1.54, 1.807) is 0 Å². The maximum Gasteiger partial charge on any atom is 0.338 e. The molecule has 0 spiro atoms. The molecule has 3 saturated carbocycles. The molecule has 0 heterocycles. The molecule has 3 fully saturated rings. The number of hydrogen-bond acceptors (Lipinski definition) is 2. The van der Waals surface area contributed by atoms with Crippen molar-refractivity contribution in [3.8, 4) is 0 Å². The van der Waals surface area contributed by atoms with Gasteiger partial charge in [0.15, 0.2) is 0 Å². The number of esters is 1. The maximum absolute atomic E-state index is 13.1. The normalized spacial score (nSPS) is 34.3. The molecule has 3 aliphatic carbocycles. The average Bonchev–Trinajstić information content (AvgIpc) is 2.81. The van der Waals surface area contributed by atoms with E-state index >= 15 is 0 Å². The third-order valence-electron chi connectivity index (χ3n) is 8.81. The van der Waals surface area contributed by atoms with Crippen LogP contribution in [-0.4, -0.2) is 12.1 Å². The van der Waals surface area contributed by atoms with E-state index in [0.29, 0.717) is 5.56 Å². The first-order chi connectivity index (χ1) is 15.1. The van der Waals surface area contributed by atoms with Crippen molar-refractivity contribution >= 4 is 5.97 Å². The Morgan fingerprint density at radius 2 is 1.23 bits per heavy atom. The summed E-state index contributed by atoms with van der Waals surface area (Å²) in [5.41, 5.74) is 0.450. The SMILES string of the molecule is CCC[C@H]1CC[C@H]([C@H]2CC[C@H]([C@H]3CC[C@H](OC(=O)c4ccc(F)cc4)CC3)CC2)CC1. The minimum Gasteiger partial charge on any atom is -0.459 e. The fourth-order valence-corrected chi connectivity index (χ4v) is 6.93. The summed E-state index contributed by atoms with van der Waals surface area (Å²) in [6, 6.07) is 5.66. The van der Waals surface area contributed by atoms with E-state index in [1.807, 2.05) is 0 Å². The summed E-state index contributed by atoms with van der Waals surface area (Å²) in [5, 5.41) is 0. The Morgan fingerprint density at radius 3 is 1.71 bits per heavy atom. The van der Waals surface area contributed by atoms with Gasteiger partial charge in [-0.25, -0.2) is 9.18 Å². The summed E-state index contributed by atoms with van der Waals surface area (Å²) >= 11 is 0. The molecule has 0 bridgehead atoms. The van der Waals surface area contributed by atoms with Gasteiger partial charge in [-0.1, -0.05) is 32.6 Å². The first-order valence-electron chi connectivity index (χ1n) is 13.1. The Kier molecular flexibility index (Phi) is 8.07. The molecule has 0 N–H and O–H groups in total. The van der Waals surface area contributed by atoms with Crippen molar-refractivity contribution in [3.05, 3.63) is 35.6 Å². The largest absolute Gasteiger partial charge is 0.459 e. The van der Waals surface area contributed by atoms with Crippen LogP contribution in [0.25, 0.3) is 0 Å². The zero-order chi connectivity index (χ0) is 21.6. The van der Waals surface area contributed by atoms with Gasteiger partial charge in [0.25, 0.3) is 0 Å². The summed E-state index contributed by atoms with van der Waals surface area (Å²) in [5.74, 6) is 4.10. The number of benzene rings is 1. The maximum atomic E-state index is 13.1. The standard InChI is InChI=1S/C28H41FO2/c1-2-3-20-4-6-21(7-5-20)22-8-10-23(11-9-22)24-14-18-27(19-15-24)31-28(30)25-12-16-26(29)17-13-25/h12-13,16-17,20-24,27H,2-11,14-15,18-19H2,1H3/t20-,21-,22-,23-,24-,27-. The van der Waals surface area contributed by atoms with Gasteiger partial charge in [0.1, 0.15) is 11.9 Å². The highest BCUT2D eigenvalue weighted by atomic mass is 19.1. The van der Waals surface area contributed by atoms with E-state index in [0.717, 1.165) is 42.4 Å². The van der Waals surface area contributed by atoms with Crippen LogP contribution >= 0.6 is 0 Å². The van der Waals surface area contributed by atoms with Crippen molar-refractivity contribution in [2.24, 2.45) is 29.6 Å². The van der Waals surface area contributed by atoms with Gasteiger partial charge in [0, 0.05) is 0 Å². The third-order valence-corrected chi connectivity index (χ3v) is 8.81. The molecular weight excluding hydrogens is 387 g/mol. The number of hydrogen-bond donors (Lipinski definition) is 0. The molecule has 2 nitrogen and oxygen atoms in total. The molecule has 0 radical (unpaired) electrons. The lowest BCUT2D eigenvalue weighted by molar-refractivity contribution is 0.00997. The first-order valence-corrected chi connectivity index (χ1v) is 13.1. The smallest absolute Gasteiger partial charge is 0.338 e. The second-order valence-electron chi connectivity index (χ2n) is 10.7. The zero-order valence-corrected chi connectivity index (χ0v) is 19.4. The van der Waals surface area contributed by atoms with Gasteiger partial charge in [-0.3, -0.25) is 0 Å². The highest BCUT2D eigenvalue weighted by Crippen LogP contribution is 2.46. The number of ether oxygens (including phenoxy) is 1. The molecule has 0 aliphatic heterocycles. The Bertz CT molecular complexity index is 675. The van der Waals surface area contributed by atoms with Crippen molar-refractivity contribution in [3.63, 3.8) is 0 Å². The molecule has 1 aromatic rings. The molecule has 3 heteroatoms. The van der Waals surface area contributed by atoms with E-state index in [9.17, 15) is 9.18 Å². The summed E-state index contributed by atoms with van der Waals surface area (Å²) in [4.78, 5) is 12.3. The van der Waals surface area contributed by atoms with Gasteiger partial charge in [0.2, 0.25) is 0 Å². The lowest BCUT2D eigenvalue weighted by Crippen LogP contribution is -2.31. The Morgan fingerprint density at radius 1 is 0.774 bits per heavy atom. The predicted octanol–water partition coefficient (Wildman–Crippen LogP) is 7.95. The lowest BCUT2D eigenvalue weighted by atomic mass is 9.65. The lowest BCUT2D eigenvalue weighted by Gasteiger charge is -2.41. The van der Waals surface area contributed by atoms with Gasteiger partial charge in [0.05, 0.1) is 5.56 Å². The summed E-state index contributed by atoms with van der Waals surface area (Å²) < 4.78 is 18.8.